The zero-order chi connectivity index (χ0) is 11.1. The van der Waals surface area contributed by atoms with Crippen molar-refractivity contribution in [1.82, 2.24) is 5.32 Å². The number of unbranched alkanes of at least 4 members (excludes halogenated alkanes) is 2. The molecule has 0 amide bonds. The molecule has 0 aromatic carbocycles. The van der Waals surface area contributed by atoms with Gasteiger partial charge in [0.1, 0.15) is 0 Å². The van der Waals surface area contributed by atoms with Gasteiger partial charge in [-0.25, -0.2) is 0 Å². The second-order valence-electron chi connectivity index (χ2n) is 5.82. The van der Waals surface area contributed by atoms with Crippen molar-refractivity contribution in [2.75, 3.05) is 0 Å². The lowest BCUT2D eigenvalue weighted by molar-refractivity contribution is 0.262. The topological polar surface area (TPSA) is 12.0 Å². The van der Waals surface area contributed by atoms with E-state index in [0.29, 0.717) is 5.54 Å². The van der Waals surface area contributed by atoms with E-state index in [2.05, 4.69) is 26.1 Å². The van der Waals surface area contributed by atoms with E-state index in [1.54, 1.807) is 0 Å². The molecule has 1 nitrogen and oxygen atoms in total. The maximum atomic E-state index is 3.85. The minimum atomic E-state index is 0.358. The molecule has 0 saturated heterocycles. The van der Waals surface area contributed by atoms with Gasteiger partial charge < -0.3 is 5.32 Å². The molecule has 1 saturated carbocycles. The number of nitrogens with one attached hydrogen (secondary N) is 1. The Morgan fingerprint density at radius 3 is 2.33 bits per heavy atom. The molecule has 1 rings (SSSR count). The summed E-state index contributed by atoms with van der Waals surface area (Å²) in [6.07, 6.45) is 12.5. The van der Waals surface area contributed by atoms with Crippen LogP contribution in [0.2, 0.25) is 0 Å². The first kappa shape index (κ1) is 13.0. The van der Waals surface area contributed by atoms with Crippen molar-refractivity contribution < 1.29 is 0 Å². The van der Waals surface area contributed by atoms with Crippen LogP contribution in [0.3, 0.4) is 0 Å². The molecule has 0 spiro atoms. The molecule has 1 aliphatic carbocycles. The molecule has 0 aromatic heterocycles. The summed E-state index contributed by atoms with van der Waals surface area (Å²) in [5.74, 6) is 0. The molecule has 0 heterocycles. The van der Waals surface area contributed by atoms with Crippen molar-refractivity contribution in [3.63, 3.8) is 0 Å². The standard InChI is InChI=1S/C14H29N/c1-4-5-9-12-14(2,3)15-13-10-7-6-8-11-13/h13,15H,4-12H2,1-3H3. The molecule has 1 aliphatic rings. The third-order valence-corrected chi connectivity index (χ3v) is 3.61. The molecule has 15 heavy (non-hydrogen) atoms. The van der Waals surface area contributed by atoms with Crippen LogP contribution >= 0.6 is 0 Å². The van der Waals surface area contributed by atoms with Crippen molar-refractivity contribution in [2.45, 2.75) is 90.1 Å². The van der Waals surface area contributed by atoms with Gasteiger partial charge in [-0.1, -0.05) is 45.4 Å². The van der Waals surface area contributed by atoms with Gasteiger partial charge >= 0.3 is 0 Å². The summed E-state index contributed by atoms with van der Waals surface area (Å²) in [5.41, 5.74) is 0.358. The predicted octanol–water partition coefficient (Wildman–Crippen LogP) is 4.27. The summed E-state index contributed by atoms with van der Waals surface area (Å²) in [5, 5.41) is 3.85. The maximum absolute atomic E-state index is 3.85. The van der Waals surface area contributed by atoms with E-state index in [1.165, 1.54) is 57.8 Å². The normalized spacial score (nSPS) is 19.4. The van der Waals surface area contributed by atoms with E-state index in [4.69, 9.17) is 0 Å². The molecule has 1 fully saturated rings. The zero-order valence-corrected chi connectivity index (χ0v) is 10.9. The van der Waals surface area contributed by atoms with Crippen LogP contribution in [0.4, 0.5) is 0 Å². The van der Waals surface area contributed by atoms with E-state index in [9.17, 15) is 0 Å². The summed E-state index contributed by atoms with van der Waals surface area (Å²) < 4.78 is 0. The molecule has 1 heteroatoms. The maximum Gasteiger partial charge on any atom is 0.0127 e. The first-order valence-electron chi connectivity index (χ1n) is 6.92. The molecular weight excluding hydrogens is 182 g/mol. The molecule has 0 atom stereocenters. The highest BCUT2D eigenvalue weighted by Gasteiger charge is 2.22. The SMILES string of the molecule is CCCCCC(C)(C)NC1CCCCC1. The van der Waals surface area contributed by atoms with Gasteiger partial charge in [0.05, 0.1) is 0 Å². The monoisotopic (exact) mass is 211 g/mol. The summed E-state index contributed by atoms with van der Waals surface area (Å²) in [6, 6.07) is 0.801. The fourth-order valence-corrected chi connectivity index (χ4v) is 2.69. The average molecular weight is 211 g/mol. The van der Waals surface area contributed by atoms with Crippen molar-refractivity contribution in [1.29, 1.82) is 0 Å². The predicted molar refractivity (Wildman–Crippen MR) is 68.2 cm³/mol. The van der Waals surface area contributed by atoms with E-state index in [1.807, 2.05) is 0 Å². The molecule has 90 valence electrons. The number of rotatable bonds is 6. The van der Waals surface area contributed by atoms with Crippen LogP contribution in [0.25, 0.3) is 0 Å². The summed E-state index contributed by atoms with van der Waals surface area (Å²) in [4.78, 5) is 0. The third kappa shape index (κ3) is 5.55. The van der Waals surface area contributed by atoms with Crippen molar-refractivity contribution >= 4 is 0 Å². The highest BCUT2D eigenvalue weighted by molar-refractivity contribution is 4.83. The summed E-state index contributed by atoms with van der Waals surface area (Å²) >= 11 is 0. The largest absolute Gasteiger partial charge is 0.309 e. The van der Waals surface area contributed by atoms with Crippen molar-refractivity contribution in [2.24, 2.45) is 0 Å². The second kappa shape index (κ2) is 6.52. The Bertz CT molecular complexity index is 157. The average Bonchev–Trinajstić information content (AvgIpc) is 2.18. The van der Waals surface area contributed by atoms with Gasteiger partial charge in [-0.05, 0) is 33.1 Å². The third-order valence-electron chi connectivity index (χ3n) is 3.61. The Labute approximate surface area is 96.0 Å². The van der Waals surface area contributed by atoms with Crippen LogP contribution in [0.15, 0.2) is 0 Å². The van der Waals surface area contributed by atoms with Gasteiger partial charge in [-0.15, -0.1) is 0 Å². The highest BCUT2D eigenvalue weighted by atomic mass is 15.0. The van der Waals surface area contributed by atoms with Crippen LogP contribution < -0.4 is 5.32 Å². The van der Waals surface area contributed by atoms with Gasteiger partial charge in [0.2, 0.25) is 0 Å². The molecule has 0 unspecified atom stereocenters. The van der Waals surface area contributed by atoms with Gasteiger partial charge in [0.25, 0.3) is 0 Å². The molecule has 0 radical (unpaired) electrons. The minimum absolute atomic E-state index is 0.358. The quantitative estimate of drug-likeness (QED) is 0.647. The fourth-order valence-electron chi connectivity index (χ4n) is 2.69. The molecular formula is C14H29N. The minimum Gasteiger partial charge on any atom is -0.309 e. The van der Waals surface area contributed by atoms with E-state index >= 15 is 0 Å². The molecule has 1 N–H and O–H groups in total. The van der Waals surface area contributed by atoms with Gasteiger partial charge in [-0.2, -0.15) is 0 Å². The summed E-state index contributed by atoms with van der Waals surface area (Å²) in [7, 11) is 0. The molecule has 0 bridgehead atoms. The molecule has 0 aromatic rings. The van der Waals surface area contributed by atoms with Gasteiger partial charge in [-0.3, -0.25) is 0 Å². The Morgan fingerprint density at radius 2 is 1.73 bits per heavy atom. The lowest BCUT2D eigenvalue weighted by Gasteiger charge is -2.34. The number of hydrogen-bond acceptors (Lipinski definition) is 1. The van der Waals surface area contributed by atoms with Gasteiger partial charge in [0.15, 0.2) is 0 Å². The molecule has 0 aliphatic heterocycles. The van der Waals surface area contributed by atoms with Crippen molar-refractivity contribution in [3.05, 3.63) is 0 Å². The lowest BCUT2D eigenvalue weighted by atomic mass is 9.90. The number of hydrogen-bond donors (Lipinski definition) is 1. The van der Waals surface area contributed by atoms with Crippen LogP contribution in [0, 0.1) is 0 Å². The van der Waals surface area contributed by atoms with Crippen LogP contribution in [0.1, 0.15) is 78.6 Å². The Kier molecular flexibility index (Phi) is 5.66. The first-order chi connectivity index (χ1) is 7.14. The van der Waals surface area contributed by atoms with Gasteiger partial charge in [0, 0.05) is 11.6 Å². The fraction of sp³-hybridized carbons (Fsp3) is 1.00. The Hall–Kier alpha value is -0.0400. The van der Waals surface area contributed by atoms with E-state index in [0.717, 1.165) is 6.04 Å². The smallest absolute Gasteiger partial charge is 0.0127 e. The second-order valence-corrected chi connectivity index (χ2v) is 5.82. The highest BCUT2D eigenvalue weighted by Crippen LogP contribution is 2.22. The van der Waals surface area contributed by atoms with E-state index < -0.39 is 0 Å². The Morgan fingerprint density at radius 1 is 1.07 bits per heavy atom. The van der Waals surface area contributed by atoms with Crippen LogP contribution in [-0.2, 0) is 0 Å². The summed E-state index contributed by atoms with van der Waals surface area (Å²) in [6.45, 7) is 7.02. The van der Waals surface area contributed by atoms with Crippen LogP contribution in [0.5, 0.6) is 0 Å². The van der Waals surface area contributed by atoms with Crippen LogP contribution in [-0.4, -0.2) is 11.6 Å². The lowest BCUT2D eigenvalue weighted by Crippen LogP contribution is -2.46. The zero-order valence-electron chi connectivity index (χ0n) is 10.9. The Balaban J connectivity index is 2.20. The van der Waals surface area contributed by atoms with Crippen molar-refractivity contribution in [3.8, 4) is 0 Å². The van der Waals surface area contributed by atoms with E-state index in [-0.39, 0.29) is 0 Å². The first-order valence-corrected chi connectivity index (χ1v) is 6.92.